The number of hydrogen-bond donors (Lipinski definition) is 1. The van der Waals surface area contributed by atoms with Crippen molar-refractivity contribution in [1.82, 2.24) is 9.78 Å². The molecule has 2 rings (SSSR count). The Morgan fingerprint density at radius 2 is 2.20 bits per heavy atom. The summed E-state index contributed by atoms with van der Waals surface area (Å²) in [6.07, 6.45) is 3.98. The predicted octanol–water partition coefficient (Wildman–Crippen LogP) is 2.10. The SMILES string of the molecule is COc1ccc([C@@H](C)O)c(OCCc2cnn(C)c2)c1. The first-order chi connectivity index (χ1) is 9.60. The Morgan fingerprint density at radius 1 is 1.40 bits per heavy atom. The molecule has 1 aromatic carbocycles. The first-order valence-electron chi connectivity index (χ1n) is 6.56. The van der Waals surface area contributed by atoms with Crippen molar-refractivity contribution in [3.05, 3.63) is 41.7 Å². The molecule has 5 heteroatoms. The van der Waals surface area contributed by atoms with Crippen LogP contribution in [-0.4, -0.2) is 28.6 Å². The number of methoxy groups -OCH3 is 1. The lowest BCUT2D eigenvalue weighted by Crippen LogP contribution is -2.05. The maximum Gasteiger partial charge on any atom is 0.128 e. The van der Waals surface area contributed by atoms with Crippen molar-refractivity contribution in [2.24, 2.45) is 7.05 Å². The van der Waals surface area contributed by atoms with Crippen LogP contribution in [0.5, 0.6) is 11.5 Å². The number of nitrogens with zero attached hydrogens (tertiary/aromatic N) is 2. The van der Waals surface area contributed by atoms with Gasteiger partial charge in [0.1, 0.15) is 11.5 Å². The van der Waals surface area contributed by atoms with Crippen molar-refractivity contribution in [2.75, 3.05) is 13.7 Å². The van der Waals surface area contributed by atoms with Crippen LogP contribution in [0.3, 0.4) is 0 Å². The fraction of sp³-hybridized carbons (Fsp3) is 0.400. The molecule has 0 bridgehead atoms. The number of aryl methyl sites for hydroxylation is 1. The molecule has 0 aliphatic heterocycles. The Hall–Kier alpha value is -2.01. The zero-order valence-corrected chi connectivity index (χ0v) is 12.0. The Kier molecular flexibility index (Phi) is 4.63. The van der Waals surface area contributed by atoms with Crippen molar-refractivity contribution in [3.8, 4) is 11.5 Å². The molecule has 0 spiro atoms. The second-order valence-electron chi connectivity index (χ2n) is 4.70. The second kappa shape index (κ2) is 6.43. The predicted molar refractivity (Wildman–Crippen MR) is 76.0 cm³/mol. The number of rotatable bonds is 6. The van der Waals surface area contributed by atoms with Crippen LogP contribution in [-0.2, 0) is 13.5 Å². The summed E-state index contributed by atoms with van der Waals surface area (Å²) in [6, 6.07) is 5.43. The first-order valence-corrected chi connectivity index (χ1v) is 6.56. The molecule has 0 radical (unpaired) electrons. The summed E-state index contributed by atoms with van der Waals surface area (Å²) in [7, 11) is 3.49. The molecule has 2 aromatic rings. The molecule has 0 unspecified atom stereocenters. The molecule has 0 aliphatic carbocycles. The van der Waals surface area contributed by atoms with E-state index < -0.39 is 6.10 Å². The van der Waals surface area contributed by atoms with E-state index in [9.17, 15) is 5.11 Å². The van der Waals surface area contributed by atoms with E-state index >= 15 is 0 Å². The van der Waals surface area contributed by atoms with E-state index in [0.29, 0.717) is 18.1 Å². The van der Waals surface area contributed by atoms with Crippen LogP contribution in [0.25, 0.3) is 0 Å². The van der Waals surface area contributed by atoms with Gasteiger partial charge in [0.2, 0.25) is 0 Å². The summed E-state index contributed by atoms with van der Waals surface area (Å²) in [5.74, 6) is 1.37. The monoisotopic (exact) mass is 276 g/mol. The molecule has 1 aromatic heterocycles. The Morgan fingerprint density at radius 3 is 2.80 bits per heavy atom. The van der Waals surface area contributed by atoms with Crippen LogP contribution in [0.4, 0.5) is 0 Å². The summed E-state index contributed by atoms with van der Waals surface area (Å²) in [4.78, 5) is 0. The van der Waals surface area contributed by atoms with Crippen LogP contribution in [0.2, 0.25) is 0 Å². The van der Waals surface area contributed by atoms with E-state index in [4.69, 9.17) is 9.47 Å². The molecule has 0 saturated heterocycles. The van der Waals surface area contributed by atoms with Gasteiger partial charge in [-0.1, -0.05) is 0 Å². The smallest absolute Gasteiger partial charge is 0.128 e. The van der Waals surface area contributed by atoms with E-state index in [2.05, 4.69) is 5.10 Å². The van der Waals surface area contributed by atoms with Gasteiger partial charge >= 0.3 is 0 Å². The van der Waals surface area contributed by atoms with E-state index in [1.165, 1.54) is 0 Å². The Balaban J connectivity index is 2.03. The van der Waals surface area contributed by atoms with Crippen LogP contribution in [0.15, 0.2) is 30.6 Å². The van der Waals surface area contributed by atoms with Gasteiger partial charge in [0, 0.05) is 31.3 Å². The highest BCUT2D eigenvalue weighted by atomic mass is 16.5. The minimum absolute atomic E-state index is 0.526. The summed E-state index contributed by atoms with van der Waals surface area (Å²) in [5.41, 5.74) is 1.88. The van der Waals surface area contributed by atoms with Gasteiger partial charge in [-0.05, 0) is 24.6 Å². The molecule has 5 nitrogen and oxygen atoms in total. The highest BCUT2D eigenvalue weighted by Crippen LogP contribution is 2.29. The number of benzene rings is 1. The molecule has 108 valence electrons. The molecule has 20 heavy (non-hydrogen) atoms. The maximum absolute atomic E-state index is 9.75. The van der Waals surface area contributed by atoms with Gasteiger partial charge in [0.05, 0.1) is 26.0 Å². The van der Waals surface area contributed by atoms with Gasteiger partial charge in [0.25, 0.3) is 0 Å². The fourth-order valence-electron chi connectivity index (χ4n) is 1.99. The van der Waals surface area contributed by atoms with E-state index in [-0.39, 0.29) is 0 Å². The number of aromatic nitrogens is 2. The molecular formula is C15H20N2O3. The minimum atomic E-state index is -0.575. The van der Waals surface area contributed by atoms with Crippen molar-refractivity contribution < 1.29 is 14.6 Å². The van der Waals surface area contributed by atoms with Gasteiger partial charge in [-0.25, -0.2) is 0 Å². The highest BCUT2D eigenvalue weighted by molar-refractivity contribution is 5.41. The van der Waals surface area contributed by atoms with Gasteiger partial charge < -0.3 is 14.6 Å². The van der Waals surface area contributed by atoms with Gasteiger partial charge in [-0.15, -0.1) is 0 Å². The summed E-state index contributed by atoms with van der Waals surface area (Å²) < 4.78 is 12.7. The van der Waals surface area contributed by atoms with E-state index in [1.54, 1.807) is 24.8 Å². The van der Waals surface area contributed by atoms with Crippen LogP contribution >= 0.6 is 0 Å². The number of ether oxygens (including phenoxy) is 2. The summed E-state index contributed by atoms with van der Waals surface area (Å²) >= 11 is 0. The van der Waals surface area contributed by atoms with Crippen molar-refractivity contribution in [3.63, 3.8) is 0 Å². The largest absolute Gasteiger partial charge is 0.497 e. The molecule has 0 saturated carbocycles. The van der Waals surface area contributed by atoms with Crippen molar-refractivity contribution >= 4 is 0 Å². The highest BCUT2D eigenvalue weighted by Gasteiger charge is 2.10. The van der Waals surface area contributed by atoms with Gasteiger partial charge in [-0.2, -0.15) is 5.10 Å². The molecule has 0 aliphatic rings. The third-order valence-electron chi connectivity index (χ3n) is 3.08. The first kappa shape index (κ1) is 14.4. The lowest BCUT2D eigenvalue weighted by molar-refractivity contribution is 0.191. The third kappa shape index (κ3) is 3.51. The van der Waals surface area contributed by atoms with E-state index in [1.807, 2.05) is 31.6 Å². The van der Waals surface area contributed by atoms with Gasteiger partial charge in [0.15, 0.2) is 0 Å². The molecule has 0 amide bonds. The Labute approximate surface area is 118 Å². The number of aliphatic hydroxyl groups excluding tert-OH is 1. The molecule has 1 heterocycles. The zero-order valence-electron chi connectivity index (χ0n) is 12.0. The molecule has 0 fully saturated rings. The third-order valence-corrected chi connectivity index (χ3v) is 3.08. The summed E-state index contributed by atoms with van der Waals surface area (Å²) in [6.45, 7) is 2.24. The van der Waals surface area contributed by atoms with Crippen LogP contribution in [0, 0.1) is 0 Å². The fourth-order valence-corrected chi connectivity index (χ4v) is 1.99. The number of aliphatic hydroxyl groups is 1. The normalized spacial score (nSPS) is 12.2. The molecule has 1 atom stereocenters. The summed E-state index contributed by atoms with van der Waals surface area (Å²) in [5, 5.41) is 13.9. The van der Waals surface area contributed by atoms with Gasteiger partial charge in [-0.3, -0.25) is 4.68 Å². The molecule has 1 N–H and O–H groups in total. The second-order valence-corrected chi connectivity index (χ2v) is 4.70. The van der Waals surface area contributed by atoms with Crippen molar-refractivity contribution in [2.45, 2.75) is 19.4 Å². The number of hydrogen-bond acceptors (Lipinski definition) is 4. The molecular weight excluding hydrogens is 256 g/mol. The average Bonchev–Trinajstić information content (AvgIpc) is 2.84. The quantitative estimate of drug-likeness (QED) is 0.878. The lowest BCUT2D eigenvalue weighted by atomic mass is 10.1. The topological polar surface area (TPSA) is 56.5 Å². The Bertz CT molecular complexity index is 564. The lowest BCUT2D eigenvalue weighted by Gasteiger charge is -2.14. The van der Waals surface area contributed by atoms with Crippen LogP contribution < -0.4 is 9.47 Å². The van der Waals surface area contributed by atoms with Crippen LogP contribution in [0.1, 0.15) is 24.2 Å². The van der Waals surface area contributed by atoms with E-state index in [0.717, 1.165) is 17.5 Å². The standard InChI is InChI=1S/C15H20N2O3/c1-11(18)14-5-4-13(19-3)8-15(14)20-7-6-12-9-16-17(2)10-12/h4-5,8-11,18H,6-7H2,1-3H3/t11-/m1/s1. The maximum atomic E-state index is 9.75. The zero-order chi connectivity index (χ0) is 14.5. The minimum Gasteiger partial charge on any atom is -0.497 e. The van der Waals surface area contributed by atoms with Crippen molar-refractivity contribution in [1.29, 1.82) is 0 Å². The average molecular weight is 276 g/mol.